The molecule has 0 radical (unpaired) electrons. The fraction of sp³-hybridized carbons (Fsp3) is 0.0769. The van der Waals surface area contributed by atoms with Crippen LogP contribution in [0, 0.1) is 0 Å². The predicted molar refractivity (Wildman–Crippen MR) is 73.8 cm³/mol. The molecule has 0 N–H and O–H groups in total. The van der Waals surface area contributed by atoms with E-state index in [2.05, 4.69) is 44.0 Å². The van der Waals surface area contributed by atoms with Crippen LogP contribution in [0.15, 0.2) is 51.4 Å². The quantitative estimate of drug-likeness (QED) is 0.755. The van der Waals surface area contributed by atoms with E-state index in [0.717, 1.165) is 25.8 Å². The number of ether oxygens (including phenoxy) is 1. The molecule has 2 rings (SSSR count). The van der Waals surface area contributed by atoms with Gasteiger partial charge in [-0.3, -0.25) is 0 Å². The average molecular weight is 342 g/mol. The summed E-state index contributed by atoms with van der Waals surface area (Å²) in [5.41, 5.74) is 2.29. The highest BCUT2D eigenvalue weighted by Gasteiger charge is 2.04. The minimum absolute atomic E-state index is 0.868. The van der Waals surface area contributed by atoms with E-state index >= 15 is 0 Å². The Kier molecular flexibility index (Phi) is 3.66. The first-order valence-electron chi connectivity index (χ1n) is 4.80. The van der Waals surface area contributed by atoms with Gasteiger partial charge in [-0.15, -0.1) is 0 Å². The van der Waals surface area contributed by atoms with Crippen molar-refractivity contribution in [2.24, 2.45) is 0 Å². The van der Waals surface area contributed by atoms with Crippen molar-refractivity contribution in [1.82, 2.24) is 0 Å². The molecule has 2 aromatic carbocycles. The summed E-state index contributed by atoms with van der Waals surface area (Å²) in [6, 6.07) is 14.2. The predicted octanol–water partition coefficient (Wildman–Crippen LogP) is 4.89. The second-order valence-electron chi connectivity index (χ2n) is 3.36. The first kappa shape index (κ1) is 11.7. The topological polar surface area (TPSA) is 9.23 Å². The first-order valence-corrected chi connectivity index (χ1v) is 6.39. The van der Waals surface area contributed by atoms with E-state index in [4.69, 9.17) is 4.74 Å². The number of halogens is 2. The molecule has 0 fully saturated rings. The van der Waals surface area contributed by atoms with Crippen LogP contribution in [0.2, 0.25) is 0 Å². The van der Waals surface area contributed by atoms with Gasteiger partial charge in [-0.25, -0.2) is 0 Å². The Balaban J connectivity index is 2.49. The average Bonchev–Trinajstić information content (AvgIpc) is 2.29. The lowest BCUT2D eigenvalue weighted by molar-refractivity contribution is 0.415. The van der Waals surface area contributed by atoms with Crippen molar-refractivity contribution in [2.45, 2.75) is 0 Å². The van der Waals surface area contributed by atoms with Crippen molar-refractivity contribution >= 4 is 31.9 Å². The van der Waals surface area contributed by atoms with E-state index in [-0.39, 0.29) is 0 Å². The maximum absolute atomic E-state index is 5.22. The van der Waals surface area contributed by atoms with Gasteiger partial charge in [0.25, 0.3) is 0 Å². The van der Waals surface area contributed by atoms with E-state index in [0.29, 0.717) is 0 Å². The van der Waals surface area contributed by atoms with E-state index < -0.39 is 0 Å². The van der Waals surface area contributed by atoms with E-state index in [1.165, 1.54) is 0 Å². The molecule has 1 nitrogen and oxygen atoms in total. The maximum atomic E-state index is 5.22. The second kappa shape index (κ2) is 5.02. The summed E-state index contributed by atoms with van der Waals surface area (Å²) < 4.78 is 7.34. The van der Waals surface area contributed by atoms with Crippen molar-refractivity contribution in [3.63, 3.8) is 0 Å². The summed E-state index contributed by atoms with van der Waals surface area (Å²) in [6.07, 6.45) is 0. The molecule has 0 atom stereocenters. The van der Waals surface area contributed by atoms with Gasteiger partial charge in [0, 0.05) is 8.95 Å². The molecule has 0 aromatic heterocycles. The third kappa shape index (κ3) is 2.47. The van der Waals surface area contributed by atoms with Crippen LogP contribution in [-0.2, 0) is 0 Å². The van der Waals surface area contributed by atoms with Crippen molar-refractivity contribution in [2.75, 3.05) is 7.11 Å². The first-order chi connectivity index (χ1) is 7.70. The molecule has 0 amide bonds. The highest BCUT2D eigenvalue weighted by molar-refractivity contribution is 9.11. The largest absolute Gasteiger partial charge is 0.497 e. The Morgan fingerprint density at radius 2 is 1.81 bits per heavy atom. The lowest BCUT2D eigenvalue weighted by Crippen LogP contribution is -1.84. The fourth-order valence-corrected chi connectivity index (χ4v) is 2.79. The Bertz CT molecular complexity index is 509. The Morgan fingerprint density at radius 1 is 1.00 bits per heavy atom. The summed E-state index contributed by atoms with van der Waals surface area (Å²) in [5, 5.41) is 0. The highest BCUT2D eigenvalue weighted by atomic mass is 79.9. The van der Waals surface area contributed by atoms with Gasteiger partial charge in [-0.2, -0.15) is 0 Å². The van der Waals surface area contributed by atoms with Gasteiger partial charge in [-0.1, -0.05) is 50.1 Å². The van der Waals surface area contributed by atoms with Gasteiger partial charge in [0.15, 0.2) is 0 Å². The van der Waals surface area contributed by atoms with Gasteiger partial charge < -0.3 is 4.74 Å². The maximum Gasteiger partial charge on any atom is 0.119 e. The molecule has 0 unspecified atom stereocenters. The molecule has 16 heavy (non-hydrogen) atoms. The number of hydrogen-bond donors (Lipinski definition) is 0. The lowest BCUT2D eigenvalue weighted by Gasteiger charge is -2.07. The summed E-state index contributed by atoms with van der Waals surface area (Å²) in [6.45, 7) is 0. The zero-order chi connectivity index (χ0) is 11.5. The van der Waals surface area contributed by atoms with Crippen LogP contribution in [0.4, 0.5) is 0 Å². The minimum atomic E-state index is 0.868. The minimum Gasteiger partial charge on any atom is -0.497 e. The number of hydrogen-bond acceptors (Lipinski definition) is 1. The van der Waals surface area contributed by atoms with E-state index in [1.54, 1.807) is 7.11 Å². The smallest absolute Gasteiger partial charge is 0.119 e. The summed E-state index contributed by atoms with van der Waals surface area (Å²) in [4.78, 5) is 0. The standard InChI is InChI=1S/C13H10Br2O/c1-16-11-4-2-3-9(7-11)12-6-5-10(14)8-13(12)15/h2-8H,1H3. The Hall–Kier alpha value is -0.800. The molecule has 0 bridgehead atoms. The van der Waals surface area contributed by atoms with E-state index in [9.17, 15) is 0 Å². The van der Waals surface area contributed by atoms with Crippen molar-refractivity contribution in [3.05, 3.63) is 51.4 Å². The van der Waals surface area contributed by atoms with Crippen LogP contribution in [0.5, 0.6) is 5.75 Å². The number of rotatable bonds is 2. The van der Waals surface area contributed by atoms with Gasteiger partial charge >= 0.3 is 0 Å². The second-order valence-corrected chi connectivity index (χ2v) is 5.13. The highest BCUT2D eigenvalue weighted by Crippen LogP contribution is 2.32. The van der Waals surface area contributed by atoms with Crippen LogP contribution in [0.3, 0.4) is 0 Å². The number of benzene rings is 2. The van der Waals surface area contributed by atoms with Crippen molar-refractivity contribution in [3.8, 4) is 16.9 Å². The Labute approximate surface area is 112 Å². The normalized spacial score (nSPS) is 10.2. The van der Waals surface area contributed by atoms with Gasteiger partial charge in [0.2, 0.25) is 0 Å². The zero-order valence-electron chi connectivity index (χ0n) is 8.71. The van der Waals surface area contributed by atoms with Crippen LogP contribution >= 0.6 is 31.9 Å². The van der Waals surface area contributed by atoms with Gasteiger partial charge in [0.05, 0.1) is 7.11 Å². The molecule has 82 valence electrons. The lowest BCUT2D eigenvalue weighted by atomic mass is 10.1. The Morgan fingerprint density at radius 3 is 2.50 bits per heavy atom. The van der Waals surface area contributed by atoms with Crippen LogP contribution < -0.4 is 4.74 Å². The molecular formula is C13H10Br2O. The monoisotopic (exact) mass is 340 g/mol. The molecule has 0 spiro atoms. The molecule has 0 aliphatic heterocycles. The molecule has 0 saturated carbocycles. The molecule has 0 saturated heterocycles. The number of methoxy groups -OCH3 is 1. The molecule has 0 heterocycles. The summed E-state index contributed by atoms with van der Waals surface area (Å²) in [7, 11) is 1.68. The SMILES string of the molecule is COc1cccc(-c2ccc(Br)cc2Br)c1. The summed E-state index contributed by atoms with van der Waals surface area (Å²) >= 11 is 7.00. The third-order valence-corrected chi connectivity index (χ3v) is 3.46. The van der Waals surface area contributed by atoms with Crippen LogP contribution in [-0.4, -0.2) is 7.11 Å². The summed E-state index contributed by atoms with van der Waals surface area (Å²) in [5.74, 6) is 0.868. The van der Waals surface area contributed by atoms with Crippen molar-refractivity contribution in [1.29, 1.82) is 0 Å². The van der Waals surface area contributed by atoms with Crippen LogP contribution in [0.25, 0.3) is 11.1 Å². The van der Waals surface area contributed by atoms with Crippen LogP contribution in [0.1, 0.15) is 0 Å². The fourth-order valence-electron chi connectivity index (χ4n) is 1.51. The van der Waals surface area contributed by atoms with E-state index in [1.807, 2.05) is 30.3 Å². The van der Waals surface area contributed by atoms with Gasteiger partial charge in [0.1, 0.15) is 5.75 Å². The molecule has 0 aliphatic rings. The molecule has 3 heteroatoms. The third-order valence-electron chi connectivity index (χ3n) is 2.31. The molecular weight excluding hydrogens is 332 g/mol. The molecule has 0 aliphatic carbocycles. The van der Waals surface area contributed by atoms with Gasteiger partial charge in [-0.05, 0) is 35.4 Å². The molecule has 2 aromatic rings. The zero-order valence-corrected chi connectivity index (χ0v) is 11.9. The van der Waals surface area contributed by atoms with Crippen molar-refractivity contribution < 1.29 is 4.74 Å².